The highest BCUT2D eigenvalue weighted by molar-refractivity contribution is 6.08. The SMILES string of the molecule is COC(=O)c1ccccc1NC(=O)c1ccc(Oc2ccc(O[C@H]3CC[C@@H](N(Cc4ccccc4)Cc4ccccc4)CC3)cc2)cc1. The molecule has 1 aliphatic carbocycles. The van der Waals surface area contributed by atoms with Crippen LogP contribution in [0, 0.1) is 0 Å². The van der Waals surface area contributed by atoms with Crippen molar-refractivity contribution in [3.63, 3.8) is 0 Å². The number of rotatable bonds is 12. The quantitative estimate of drug-likeness (QED) is 0.137. The van der Waals surface area contributed by atoms with Crippen molar-refractivity contribution in [2.75, 3.05) is 12.4 Å². The second-order valence-corrected chi connectivity index (χ2v) is 12.0. The third-order valence-electron chi connectivity index (χ3n) is 8.68. The van der Waals surface area contributed by atoms with Crippen molar-refractivity contribution in [2.24, 2.45) is 0 Å². The van der Waals surface area contributed by atoms with Crippen LogP contribution in [-0.4, -0.2) is 36.0 Å². The molecule has 0 saturated heterocycles. The van der Waals surface area contributed by atoms with Gasteiger partial charge in [0, 0.05) is 24.7 Å². The lowest BCUT2D eigenvalue weighted by Gasteiger charge is -2.37. The lowest BCUT2D eigenvalue weighted by Crippen LogP contribution is -2.39. The number of carbonyl (C=O) groups excluding carboxylic acids is 2. The van der Waals surface area contributed by atoms with E-state index in [-0.39, 0.29) is 17.6 Å². The molecule has 0 aromatic heterocycles. The molecule has 0 atom stereocenters. The van der Waals surface area contributed by atoms with Crippen molar-refractivity contribution in [1.82, 2.24) is 4.90 Å². The van der Waals surface area contributed by atoms with E-state index in [1.165, 1.54) is 18.2 Å². The number of esters is 1. The van der Waals surface area contributed by atoms with Crippen molar-refractivity contribution < 1.29 is 23.8 Å². The average Bonchev–Trinajstić information content (AvgIpc) is 3.13. The summed E-state index contributed by atoms with van der Waals surface area (Å²) in [5.74, 6) is 1.25. The fraction of sp³-hybridized carbons (Fsp3) is 0.220. The van der Waals surface area contributed by atoms with Crippen LogP contribution in [0.25, 0.3) is 0 Å². The smallest absolute Gasteiger partial charge is 0.339 e. The van der Waals surface area contributed by atoms with Gasteiger partial charge in [-0.15, -0.1) is 0 Å². The van der Waals surface area contributed by atoms with E-state index in [2.05, 4.69) is 70.9 Å². The monoisotopic (exact) mass is 640 g/mol. The highest BCUT2D eigenvalue weighted by Gasteiger charge is 2.27. The molecule has 1 fully saturated rings. The van der Waals surface area contributed by atoms with Crippen LogP contribution < -0.4 is 14.8 Å². The average molecular weight is 641 g/mol. The Morgan fingerprint density at radius 1 is 0.646 bits per heavy atom. The van der Waals surface area contributed by atoms with Gasteiger partial charge >= 0.3 is 5.97 Å². The first-order valence-electron chi connectivity index (χ1n) is 16.4. The van der Waals surface area contributed by atoms with Crippen molar-refractivity contribution >= 4 is 17.6 Å². The van der Waals surface area contributed by atoms with Crippen molar-refractivity contribution in [3.05, 3.63) is 156 Å². The van der Waals surface area contributed by atoms with Gasteiger partial charge in [-0.3, -0.25) is 9.69 Å². The summed E-state index contributed by atoms with van der Waals surface area (Å²) < 4.78 is 17.2. The molecule has 48 heavy (non-hydrogen) atoms. The van der Waals surface area contributed by atoms with E-state index in [1.807, 2.05) is 24.3 Å². The Hall–Kier alpha value is -5.40. The Kier molecular flexibility index (Phi) is 10.8. The number of nitrogens with one attached hydrogen (secondary N) is 1. The number of hydrogen-bond acceptors (Lipinski definition) is 6. The number of amides is 1. The van der Waals surface area contributed by atoms with Gasteiger partial charge in [-0.1, -0.05) is 72.8 Å². The van der Waals surface area contributed by atoms with Gasteiger partial charge in [0.1, 0.15) is 17.2 Å². The van der Waals surface area contributed by atoms with E-state index >= 15 is 0 Å². The van der Waals surface area contributed by atoms with E-state index < -0.39 is 5.97 Å². The second kappa shape index (κ2) is 15.9. The number of anilines is 1. The zero-order valence-electron chi connectivity index (χ0n) is 27.1. The second-order valence-electron chi connectivity index (χ2n) is 12.0. The van der Waals surface area contributed by atoms with Crippen LogP contribution in [0.15, 0.2) is 133 Å². The van der Waals surface area contributed by atoms with Crippen LogP contribution in [0.4, 0.5) is 5.69 Å². The van der Waals surface area contributed by atoms with Gasteiger partial charge in [0.05, 0.1) is 24.5 Å². The molecule has 7 heteroatoms. The minimum absolute atomic E-state index is 0.182. The van der Waals surface area contributed by atoms with Crippen LogP contribution in [-0.2, 0) is 17.8 Å². The number of methoxy groups -OCH3 is 1. The fourth-order valence-electron chi connectivity index (χ4n) is 6.14. The number of benzene rings is 5. The Balaban J connectivity index is 0.998. The molecule has 0 spiro atoms. The first-order valence-corrected chi connectivity index (χ1v) is 16.4. The summed E-state index contributed by atoms with van der Waals surface area (Å²) >= 11 is 0. The van der Waals surface area contributed by atoms with E-state index in [0.717, 1.165) is 44.5 Å². The Morgan fingerprint density at radius 2 is 1.17 bits per heavy atom. The molecule has 6 rings (SSSR count). The topological polar surface area (TPSA) is 77.1 Å². The third kappa shape index (κ3) is 8.69. The molecule has 0 radical (unpaired) electrons. The number of hydrogen-bond donors (Lipinski definition) is 1. The number of para-hydroxylation sites is 1. The Bertz CT molecular complexity index is 1730. The molecular weight excluding hydrogens is 600 g/mol. The van der Waals surface area contributed by atoms with Gasteiger partial charge in [-0.2, -0.15) is 0 Å². The summed E-state index contributed by atoms with van der Waals surface area (Å²) in [4.78, 5) is 27.5. The lowest BCUT2D eigenvalue weighted by molar-refractivity contribution is 0.0602. The zero-order valence-corrected chi connectivity index (χ0v) is 27.1. The van der Waals surface area contributed by atoms with Crippen LogP contribution >= 0.6 is 0 Å². The van der Waals surface area contributed by atoms with Gasteiger partial charge in [-0.05, 0) is 97.5 Å². The lowest BCUT2D eigenvalue weighted by atomic mass is 9.91. The summed E-state index contributed by atoms with van der Waals surface area (Å²) in [6.07, 6.45) is 4.39. The van der Waals surface area contributed by atoms with Gasteiger partial charge in [0.25, 0.3) is 5.91 Å². The summed E-state index contributed by atoms with van der Waals surface area (Å²) in [5, 5.41) is 2.78. The molecule has 0 heterocycles. The van der Waals surface area contributed by atoms with Crippen molar-refractivity contribution in [3.8, 4) is 17.2 Å². The maximum Gasteiger partial charge on any atom is 0.339 e. The number of ether oxygens (including phenoxy) is 3. The molecule has 1 amide bonds. The first kappa shape index (κ1) is 32.5. The predicted octanol–water partition coefficient (Wildman–Crippen LogP) is 8.91. The maximum atomic E-state index is 12.8. The summed E-state index contributed by atoms with van der Waals surface area (Å²) in [6.45, 7) is 1.88. The van der Waals surface area contributed by atoms with Crippen LogP contribution in [0.3, 0.4) is 0 Å². The fourth-order valence-corrected chi connectivity index (χ4v) is 6.14. The number of nitrogens with zero attached hydrogens (tertiary/aromatic N) is 1. The van der Waals surface area contributed by atoms with E-state index in [9.17, 15) is 9.59 Å². The molecule has 5 aromatic rings. The van der Waals surface area contributed by atoms with E-state index in [0.29, 0.717) is 28.8 Å². The van der Waals surface area contributed by atoms with Crippen molar-refractivity contribution in [1.29, 1.82) is 0 Å². The third-order valence-corrected chi connectivity index (χ3v) is 8.68. The molecular formula is C41H40N2O5. The first-order chi connectivity index (χ1) is 23.5. The minimum Gasteiger partial charge on any atom is -0.490 e. The van der Waals surface area contributed by atoms with Crippen LogP contribution in [0.2, 0.25) is 0 Å². The molecule has 1 N–H and O–H groups in total. The molecule has 1 saturated carbocycles. The van der Waals surface area contributed by atoms with Gasteiger partial charge in [0.2, 0.25) is 0 Å². The van der Waals surface area contributed by atoms with Gasteiger partial charge in [-0.25, -0.2) is 4.79 Å². The Labute approximate surface area is 282 Å². The van der Waals surface area contributed by atoms with E-state index in [4.69, 9.17) is 14.2 Å². The molecule has 1 aliphatic rings. The van der Waals surface area contributed by atoms with Gasteiger partial charge in [0.15, 0.2) is 0 Å². The van der Waals surface area contributed by atoms with Crippen molar-refractivity contribution in [2.45, 2.75) is 50.9 Å². The van der Waals surface area contributed by atoms with Crippen LogP contribution in [0.1, 0.15) is 57.5 Å². The maximum absolute atomic E-state index is 12.8. The highest BCUT2D eigenvalue weighted by atomic mass is 16.5. The molecule has 0 bridgehead atoms. The molecule has 5 aromatic carbocycles. The standard InChI is InChI=1S/C41H40N2O5/c1-46-41(45)38-14-8-9-15-39(38)42-40(44)32-16-20-34(21-17-32)47-36-24-26-37(27-25-36)48-35-22-18-33(19-23-35)43(28-30-10-4-2-5-11-30)29-31-12-6-3-7-13-31/h2-17,20-21,24-27,33,35H,18-19,22-23,28-29H2,1H3,(H,42,44)/t33-,35+. The summed E-state index contributed by atoms with van der Waals surface area (Å²) in [5.41, 5.74) is 3.79. The molecule has 0 aliphatic heterocycles. The highest BCUT2D eigenvalue weighted by Crippen LogP contribution is 2.30. The molecule has 0 unspecified atom stereocenters. The molecule has 7 nitrogen and oxygen atoms in total. The Morgan fingerprint density at radius 3 is 1.75 bits per heavy atom. The predicted molar refractivity (Wildman–Crippen MR) is 187 cm³/mol. The summed E-state index contributed by atoms with van der Waals surface area (Å²) in [6, 6.07) is 43.2. The number of carbonyl (C=O) groups is 2. The van der Waals surface area contributed by atoms with Crippen LogP contribution in [0.5, 0.6) is 17.2 Å². The normalized spacial score (nSPS) is 15.8. The zero-order chi connectivity index (χ0) is 33.1. The minimum atomic E-state index is -0.515. The molecule has 244 valence electrons. The summed E-state index contributed by atoms with van der Waals surface area (Å²) in [7, 11) is 1.31. The van der Waals surface area contributed by atoms with Gasteiger partial charge < -0.3 is 19.5 Å². The van der Waals surface area contributed by atoms with E-state index in [1.54, 1.807) is 48.5 Å². The largest absolute Gasteiger partial charge is 0.490 e.